The van der Waals surface area contributed by atoms with E-state index >= 15 is 0 Å². The third-order valence-corrected chi connectivity index (χ3v) is 3.08. The van der Waals surface area contributed by atoms with Crippen LogP contribution in [0.2, 0.25) is 0 Å². The van der Waals surface area contributed by atoms with Crippen molar-refractivity contribution in [3.63, 3.8) is 0 Å². The van der Waals surface area contributed by atoms with Crippen LogP contribution in [0.3, 0.4) is 0 Å². The van der Waals surface area contributed by atoms with Gasteiger partial charge >= 0.3 is 0 Å². The maximum atomic E-state index is 5.74. The number of methoxy groups -OCH3 is 1. The molecule has 0 atom stereocenters. The number of para-hydroxylation sites is 2. The van der Waals surface area contributed by atoms with E-state index < -0.39 is 0 Å². The van der Waals surface area contributed by atoms with Crippen molar-refractivity contribution >= 4 is 0 Å². The van der Waals surface area contributed by atoms with Gasteiger partial charge in [-0.25, -0.2) is 0 Å². The second kappa shape index (κ2) is 8.32. The molecule has 5 nitrogen and oxygen atoms in total. The second-order valence-corrected chi connectivity index (χ2v) is 4.75. The lowest BCUT2D eigenvalue weighted by Crippen LogP contribution is -2.15. The molecule has 0 saturated carbocycles. The zero-order valence-electron chi connectivity index (χ0n) is 12.7. The Morgan fingerprint density at radius 3 is 2.76 bits per heavy atom. The summed E-state index contributed by atoms with van der Waals surface area (Å²) >= 11 is 0. The van der Waals surface area contributed by atoms with E-state index in [0.717, 1.165) is 36.7 Å². The molecule has 0 aliphatic heterocycles. The van der Waals surface area contributed by atoms with Gasteiger partial charge in [-0.15, -0.1) is 0 Å². The number of nitrogens with one attached hydrogen (secondary N) is 1. The molecular weight excluding hydrogens is 266 g/mol. The molecule has 1 aromatic heterocycles. The van der Waals surface area contributed by atoms with Gasteiger partial charge in [-0.2, -0.15) is 5.10 Å². The predicted octanol–water partition coefficient (Wildman–Crippen LogP) is 2.47. The number of benzene rings is 1. The average Bonchev–Trinajstić information content (AvgIpc) is 2.96. The summed E-state index contributed by atoms with van der Waals surface area (Å²) in [6.45, 7) is 5.26. The van der Waals surface area contributed by atoms with Gasteiger partial charge in [-0.3, -0.25) is 4.68 Å². The van der Waals surface area contributed by atoms with Crippen LogP contribution >= 0.6 is 0 Å². The molecule has 1 N–H and O–H groups in total. The highest BCUT2D eigenvalue weighted by molar-refractivity contribution is 5.39. The van der Waals surface area contributed by atoms with Crippen molar-refractivity contribution in [1.29, 1.82) is 0 Å². The highest BCUT2D eigenvalue weighted by atomic mass is 16.5. The van der Waals surface area contributed by atoms with Crippen LogP contribution in [-0.2, 0) is 13.1 Å². The summed E-state index contributed by atoms with van der Waals surface area (Å²) in [5.74, 6) is 1.51. The number of hydrogen-bond acceptors (Lipinski definition) is 4. The van der Waals surface area contributed by atoms with Crippen LogP contribution in [0, 0.1) is 0 Å². The van der Waals surface area contributed by atoms with Crippen LogP contribution < -0.4 is 14.8 Å². The zero-order chi connectivity index (χ0) is 14.9. The van der Waals surface area contributed by atoms with Gasteiger partial charge in [-0.05, 0) is 31.2 Å². The molecule has 0 fully saturated rings. The molecule has 2 rings (SSSR count). The van der Waals surface area contributed by atoms with Crippen molar-refractivity contribution in [1.82, 2.24) is 15.1 Å². The molecule has 5 heteroatoms. The van der Waals surface area contributed by atoms with Gasteiger partial charge in [0.05, 0.1) is 19.3 Å². The molecule has 21 heavy (non-hydrogen) atoms. The monoisotopic (exact) mass is 289 g/mol. The van der Waals surface area contributed by atoms with Gasteiger partial charge in [0, 0.05) is 12.7 Å². The molecule has 0 radical (unpaired) electrons. The van der Waals surface area contributed by atoms with Crippen LogP contribution in [0.15, 0.2) is 36.5 Å². The average molecular weight is 289 g/mol. The molecule has 2 aromatic rings. The second-order valence-electron chi connectivity index (χ2n) is 4.75. The normalized spacial score (nSPS) is 10.6. The highest BCUT2D eigenvalue weighted by Gasteiger charge is 2.03. The predicted molar refractivity (Wildman–Crippen MR) is 82.7 cm³/mol. The quantitative estimate of drug-likeness (QED) is 0.720. The van der Waals surface area contributed by atoms with E-state index in [0.29, 0.717) is 13.2 Å². The van der Waals surface area contributed by atoms with E-state index in [9.17, 15) is 0 Å². The van der Waals surface area contributed by atoms with Crippen LogP contribution in [0.5, 0.6) is 11.5 Å². The summed E-state index contributed by atoms with van der Waals surface area (Å²) in [6, 6.07) is 9.69. The van der Waals surface area contributed by atoms with E-state index in [1.54, 1.807) is 7.11 Å². The first-order valence-corrected chi connectivity index (χ1v) is 7.32. The summed E-state index contributed by atoms with van der Waals surface area (Å²) in [7, 11) is 1.64. The lowest BCUT2D eigenvalue weighted by molar-refractivity contribution is 0.274. The van der Waals surface area contributed by atoms with Crippen LogP contribution in [0.4, 0.5) is 0 Å². The molecule has 0 saturated heterocycles. The molecule has 0 unspecified atom stereocenters. The molecular formula is C16H23N3O2. The van der Waals surface area contributed by atoms with Crippen LogP contribution in [0.25, 0.3) is 0 Å². The number of hydrogen-bond donors (Lipinski definition) is 1. The molecule has 0 aliphatic rings. The minimum Gasteiger partial charge on any atom is -0.493 e. The van der Waals surface area contributed by atoms with Crippen molar-refractivity contribution in [3.8, 4) is 11.5 Å². The van der Waals surface area contributed by atoms with Crippen molar-refractivity contribution in [2.75, 3.05) is 20.3 Å². The summed E-state index contributed by atoms with van der Waals surface area (Å²) < 4.78 is 12.9. The van der Waals surface area contributed by atoms with Gasteiger partial charge in [0.1, 0.15) is 6.61 Å². The largest absolute Gasteiger partial charge is 0.493 e. The molecule has 114 valence electrons. The number of ether oxygens (including phenoxy) is 2. The minimum absolute atomic E-state index is 0.559. The Balaban J connectivity index is 1.78. The Kier molecular flexibility index (Phi) is 6.09. The minimum atomic E-state index is 0.559. The topological polar surface area (TPSA) is 48.3 Å². The number of rotatable bonds is 9. The third-order valence-electron chi connectivity index (χ3n) is 3.08. The first-order chi connectivity index (χ1) is 10.3. The van der Waals surface area contributed by atoms with E-state index in [1.807, 2.05) is 41.2 Å². The lowest BCUT2D eigenvalue weighted by atomic mass is 10.3. The fourth-order valence-electron chi connectivity index (χ4n) is 2.00. The van der Waals surface area contributed by atoms with E-state index in [4.69, 9.17) is 9.47 Å². The van der Waals surface area contributed by atoms with Crippen molar-refractivity contribution < 1.29 is 9.47 Å². The number of aromatic nitrogens is 2. The summed E-state index contributed by atoms with van der Waals surface area (Å²) in [4.78, 5) is 0. The van der Waals surface area contributed by atoms with Crippen molar-refractivity contribution in [2.45, 2.75) is 26.4 Å². The smallest absolute Gasteiger partial charge is 0.161 e. The molecule has 0 bridgehead atoms. The highest BCUT2D eigenvalue weighted by Crippen LogP contribution is 2.25. The number of nitrogens with zero attached hydrogens (tertiary/aromatic N) is 2. The standard InChI is InChI=1S/C16H23N3O2/c1-3-9-17-13-14-8-10-19(18-14)11-12-21-16-7-5-4-6-15(16)20-2/h4-8,10,17H,3,9,11-13H2,1-2H3. The summed E-state index contributed by atoms with van der Waals surface area (Å²) in [6.07, 6.45) is 3.11. The molecule has 1 aromatic carbocycles. The Morgan fingerprint density at radius 2 is 2.00 bits per heavy atom. The van der Waals surface area contributed by atoms with Gasteiger partial charge < -0.3 is 14.8 Å². The summed E-state index contributed by atoms with van der Waals surface area (Å²) in [5.41, 5.74) is 1.06. The zero-order valence-corrected chi connectivity index (χ0v) is 12.7. The van der Waals surface area contributed by atoms with Crippen molar-refractivity contribution in [2.24, 2.45) is 0 Å². The van der Waals surface area contributed by atoms with Gasteiger partial charge in [-0.1, -0.05) is 19.1 Å². The maximum absolute atomic E-state index is 5.74. The molecule has 0 spiro atoms. The van der Waals surface area contributed by atoms with Gasteiger partial charge in [0.25, 0.3) is 0 Å². The van der Waals surface area contributed by atoms with Crippen LogP contribution in [-0.4, -0.2) is 30.0 Å². The molecule has 0 aliphatic carbocycles. The maximum Gasteiger partial charge on any atom is 0.161 e. The Hall–Kier alpha value is -2.01. The van der Waals surface area contributed by atoms with Crippen molar-refractivity contribution in [3.05, 3.63) is 42.2 Å². The fourth-order valence-corrected chi connectivity index (χ4v) is 2.00. The Labute approximate surface area is 125 Å². The van der Waals surface area contributed by atoms with Gasteiger partial charge in [0.15, 0.2) is 11.5 Å². The Morgan fingerprint density at radius 1 is 1.19 bits per heavy atom. The first-order valence-electron chi connectivity index (χ1n) is 7.32. The Bertz CT molecular complexity index is 540. The first kappa shape index (κ1) is 15.4. The molecule has 1 heterocycles. The van der Waals surface area contributed by atoms with E-state index in [1.165, 1.54) is 0 Å². The van der Waals surface area contributed by atoms with E-state index in [2.05, 4.69) is 17.3 Å². The van der Waals surface area contributed by atoms with Crippen LogP contribution in [0.1, 0.15) is 19.0 Å². The van der Waals surface area contributed by atoms with E-state index in [-0.39, 0.29) is 0 Å². The molecule has 0 amide bonds. The fraction of sp³-hybridized carbons (Fsp3) is 0.438. The lowest BCUT2D eigenvalue weighted by Gasteiger charge is -2.10. The summed E-state index contributed by atoms with van der Waals surface area (Å²) in [5, 5.41) is 7.84. The third kappa shape index (κ3) is 4.79. The SMILES string of the molecule is CCCNCc1ccn(CCOc2ccccc2OC)n1. The van der Waals surface area contributed by atoms with Gasteiger partial charge in [0.2, 0.25) is 0 Å².